The fourth-order valence-electron chi connectivity index (χ4n) is 2.21. The van der Waals surface area contributed by atoms with Crippen molar-refractivity contribution >= 4 is 23.2 Å². The Bertz CT molecular complexity index is 916. The molecule has 0 spiro atoms. The van der Waals surface area contributed by atoms with Crippen LogP contribution in [0.4, 0.5) is 5.69 Å². The normalized spacial score (nSPS) is 10.0. The van der Waals surface area contributed by atoms with Gasteiger partial charge in [0.15, 0.2) is 0 Å². The Morgan fingerprint density at radius 1 is 1.08 bits per heavy atom. The highest BCUT2D eigenvalue weighted by Crippen LogP contribution is 2.21. The van der Waals surface area contributed by atoms with Gasteiger partial charge in [-0.05, 0) is 30.3 Å². The Morgan fingerprint density at radius 3 is 2.54 bits per heavy atom. The Balaban J connectivity index is 1.79. The minimum Gasteiger partial charge on any atom is -0.321 e. The topological polar surface area (TPSA) is 65.8 Å². The smallest absolute Gasteiger partial charge is 0.257 e. The van der Waals surface area contributed by atoms with Crippen LogP contribution in [0.25, 0.3) is 11.3 Å². The van der Waals surface area contributed by atoms with Gasteiger partial charge in [-0.15, -0.1) is 0 Å². The highest BCUT2D eigenvalue weighted by molar-refractivity contribution is 6.34. The quantitative estimate of drug-likeness (QED) is 0.766. The number of nitrogens with one attached hydrogen (secondary N) is 1. The van der Waals surface area contributed by atoms with Crippen LogP contribution in [0.1, 0.15) is 15.9 Å². The summed E-state index contributed by atoms with van der Waals surface area (Å²) >= 11 is 6.03. The number of anilines is 1. The highest BCUT2D eigenvalue weighted by Gasteiger charge is 2.12. The molecular formula is C19H12ClN3O. The van der Waals surface area contributed by atoms with Crippen molar-refractivity contribution in [3.05, 3.63) is 83.0 Å². The molecule has 1 heterocycles. The van der Waals surface area contributed by atoms with E-state index in [9.17, 15) is 4.79 Å². The summed E-state index contributed by atoms with van der Waals surface area (Å²) < 4.78 is 0. The van der Waals surface area contributed by atoms with Crippen LogP contribution in [-0.2, 0) is 0 Å². The molecule has 116 valence electrons. The number of halogens is 1. The van der Waals surface area contributed by atoms with Gasteiger partial charge in [-0.2, -0.15) is 5.26 Å². The van der Waals surface area contributed by atoms with Gasteiger partial charge in [-0.3, -0.25) is 9.78 Å². The number of amides is 1. The molecule has 0 aliphatic heterocycles. The van der Waals surface area contributed by atoms with Gasteiger partial charge in [0.1, 0.15) is 0 Å². The summed E-state index contributed by atoms with van der Waals surface area (Å²) in [4.78, 5) is 16.7. The number of hydrogen-bond donors (Lipinski definition) is 1. The maximum atomic E-state index is 12.3. The van der Waals surface area contributed by atoms with Gasteiger partial charge in [0.2, 0.25) is 0 Å². The maximum absolute atomic E-state index is 12.3. The third kappa shape index (κ3) is 3.43. The average molecular weight is 334 g/mol. The van der Waals surface area contributed by atoms with Crippen molar-refractivity contribution in [2.45, 2.75) is 0 Å². The summed E-state index contributed by atoms with van der Waals surface area (Å²) in [6.07, 6.45) is 1.59. The minimum atomic E-state index is -0.383. The van der Waals surface area contributed by atoms with Gasteiger partial charge in [0.25, 0.3) is 5.91 Å². The van der Waals surface area contributed by atoms with Crippen LogP contribution < -0.4 is 5.32 Å². The second kappa shape index (κ2) is 6.95. The lowest BCUT2D eigenvalue weighted by Crippen LogP contribution is -2.13. The predicted molar refractivity (Wildman–Crippen MR) is 93.8 cm³/mol. The molecule has 1 aromatic heterocycles. The Kier molecular flexibility index (Phi) is 4.55. The van der Waals surface area contributed by atoms with Crippen LogP contribution in [-0.4, -0.2) is 10.9 Å². The minimum absolute atomic E-state index is 0.253. The van der Waals surface area contributed by atoms with Crippen molar-refractivity contribution in [1.82, 2.24) is 4.98 Å². The first-order valence-corrected chi connectivity index (χ1v) is 7.57. The third-order valence-corrected chi connectivity index (χ3v) is 3.76. The molecule has 24 heavy (non-hydrogen) atoms. The molecular weight excluding hydrogens is 322 g/mol. The Hall–Kier alpha value is -3.16. The summed E-state index contributed by atoms with van der Waals surface area (Å²) in [6.45, 7) is 0. The number of carbonyl (C=O) groups excluding carboxylic acids is 1. The second-order valence-electron chi connectivity index (χ2n) is 5.06. The molecule has 0 bridgehead atoms. The number of nitrogens with zero attached hydrogens (tertiary/aromatic N) is 2. The summed E-state index contributed by atoms with van der Waals surface area (Å²) in [7, 11) is 0. The molecule has 1 N–H and O–H groups in total. The molecule has 2 aromatic carbocycles. The van der Waals surface area contributed by atoms with Crippen molar-refractivity contribution in [2.24, 2.45) is 0 Å². The Morgan fingerprint density at radius 2 is 1.88 bits per heavy atom. The zero-order valence-electron chi connectivity index (χ0n) is 12.5. The van der Waals surface area contributed by atoms with Gasteiger partial charge in [-0.25, -0.2) is 0 Å². The first-order chi connectivity index (χ1) is 11.7. The molecule has 0 saturated heterocycles. The van der Waals surface area contributed by atoms with E-state index in [1.165, 1.54) is 12.1 Å². The fraction of sp³-hybridized carbons (Fsp3) is 0. The highest BCUT2D eigenvalue weighted by atomic mass is 35.5. The van der Waals surface area contributed by atoms with E-state index in [0.29, 0.717) is 16.3 Å². The lowest BCUT2D eigenvalue weighted by Gasteiger charge is -2.08. The van der Waals surface area contributed by atoms with Crippen LogP contribution in [0.2, 0.25) is 5.02 Å². The zero-order chi connectivity index (χ0) is 16.9. The van der Waals surface area contributed by atoms with Crippen molar-refractivity contribution < 1.29 is 4.79 Å². The predicted octanol–water partition coefficient (Wildman–Crippen LogP) is 4.53. The number of hydrogen-bond acceptors (Lipinski definition) is 3. The van der Waals surface area contributed by atoms with Gasteiger partial charge < -0.3 is 5.32 Å². The number of carbonyl (C=O) groups is 1. The fourth-order valence-corrected chi connectivity index (χ4v) is 2.42. The van der Waals surface area contributed by atoms with E-state index < -0.39 is 0 Å². The number of rotatable bonds is 3. The summed E-state index contributed by atoms with van der Waals surface area (Å²) in [6, 6.07) is 19.9. The number of benzene rings is 2. The number of pyridine rings is 1. The molecule has 0 atom stereocenters. The number of nitriles is 1. The van der Waals surface area contributed by atoms with Gasteiger partial charge in [0, 0.05) is 5.56 Å². The molecule has 5 heteroatoms. The van der Waals surface area contributed by atoms with Crippen LogP contribution in [0.3, 0.4) is 0 Å². The largest absolute Gasteiger partial charge is 0.321 e. The van der Waals surface area contributed by atoms with Crippen molar-refractivity contribution in [3.8, 4) is 17.3 Å². The van der Waals surface area contributed by atoms with Gasteiger partial charge in [0.05, 0.1) is 39.8 Å². The van der Waals surface area contributed by atoms with E-state index in [-0.39, 0.29) is 11.5 Å². The summed E-state index contributed by atoms with van der Waals surface area (Å²) in [5.74, 6) is -0.383. The lowest BCUT2D eigenvalue weighted by molar-refractivity contribution is 0.102. The summed E-state index contributed by atoms with van der Waals surface area (Å²) in [5, 5.41) is 12.0. The van der Waals surface area contributed by atoms with Crippen molar-refractivity contribution in [2.75, 3.05) is 5.32 Å². The summed E-state index contributed by atoms with van der Waals surface area (Å²) in [5.41, 5.74) is 3.00. The van der Waals surface area contributed by atoms with Crippen LogP contribution in [0, 0.1) is 11.3 Å². The first-order valence-electron chi connectivity index (χ1n) is 7.20. The molecule has 3 rings (SSSR count). The molecule has 0 aliphatic carbocycles. The number of aromatic nitrogens is 1. The molecule has 0 unspecified atom stereocenters. The average Bonchev–Trinajstić information content (AvgIpc) is 2.63. The second-order valence-corrected chi connectivity index (χ2v) is 5.47. The van der Waals surface area contributed by atoms with E-state index in [0.717, 1.165) is 11.3 Å². The molecule has 0 saturated carbocycles. The monoisotopic (exact) mass is 333 g/mol. The molecule has 3 aromatic rings. The molecule has 4 nitrogen and oxygen atoms in total. The van der Waals surface area contributed by atoms with E-state index in [1.54, 1.807) is 18.3 Å². The van der Waals surface area contributed by atoms with E-state index in [4.69, 9.17) is 16.9 Å². The van der Waals surface area contributed by atoms with Crippen LogP contribution in [0.15, 0.2) is 66.9 Å². The lowest BCUT2D eigenvalue weighted by atomic mass is 10.1. The molecule has 0 fully saturated rings. The third-order valence-electron chi connectivity index (χ3n) is 3.43. The van der Waals surface area contributed by atoms with E-state index in [1.807, 2.05) is 42.5 Å². The van der Waals surface area contributed by atoms with Crippen LogP contribution >= 0.6 is 11.6 Å². The molecule has 0 aliphatic rings. The molecule has 1 amide bonds. The van der Waals surface area contributed by atoms with Crippen molar-refractivity contribution in [1.29, 1.82) is 5.26 Å². The van der Waals surface area contributed by atoms with E-state index >= 15 is 0 Å². The Labute approximate surface area is 144 Å². The zero-order valence-corrected chi connectivity index (χ0v) is 13.3. The van der Waals surface area contributed by atoms with Gasteiger partial charge >= 0.3 is 0 Å². The molecule has 0 radical (unpaired) electrons. The van der Waals surface area contributed by atoms with Gasteiger partial charge in [-0.1, -0.05) is 41.9 Å². The van der Waals surface area contributed by atoms with E-state index in [2.05, 4.69) is 10.3 Å². The first kappa shape index (κ1) is 15.7. The standard InChI is InChI=1S/C19H12ClN3O/c20-17-8-6-13(11-21)10-16(17)19(24)23-15-7-9-18(22-12-15)14-4-2-1-3-5-14/h1-10,12H,(H,23,24). The van der Waals surface area contributed by atoms with Crippen LogP contribution in [0.5, 0.6) is 0 Å². The SMILES string of the molecule is N#Cc1ccc(Cl)c(C(=O)Nc2ccc(-c3ccccc3)nc2)c1. The van der Waals surface area contributed by atoms with Crippen molar-refractivity contribution in [3.63, 3.8) is 0 Å². The maximum Gasteiger partial charge on any atom is 0.257 e.